The number of rotatable bonds is 7. The molecule has 1 aromatic rings. The molecule has 0 radical (unpaired) electrons. The number of amides is 1. The number of nitrogens with one attached hydrogen (secondary N) is 2. The molecule has 0 aliphatic carbocycles. The number of unbranched alkanes of at least 4 members (excludes halogenated alkanes) is 1. The zero-order chi connectivity index (χ0) is 15.4. The Bertz CT molecular complexity index is 518. The molecular weight excluding hydrogens is 286 g/mol. The molecule has 0 bridgehead atoms. The van der Waals surface area contributed by atoms with E-state index < -0.39 is 0 Å². The monoisotopic (exact) mass is 309 g/mol. The molecule has 0 aromatic heterocycles. The van der Waals surface area contributed by atoms with Gasteiger partial charge in [0.1, 0.15) is 6.04 Å². The lowest BCUT2D eigenvalue weighted by atomic mass is 10.1. The summed E-state index contributed by atoms with van der Waals surface area (Å²) in [4.78, 5) is 14.2. The third kappa shape index (κ3) is 3.50. The second-order valence-corrected chi connectivity index (χ2v) is 5.95. The average molecular weight is 310 g/mol. The van der Waals surface area contributed by atoms with Gasteiger partial charge in [0.05, 0.1) is 10.7 Å². The minimum atomic E-state index is -0.285. The third-order valence-electron chi connectivity index (χ3n) is 3.81. The number of hydrogen-bond acceptors (Lipinski definition) is 3. The van der Waals surface area contributed by atoms with Crippen LogP contribution in [0.4, 0.5) is 11.4 Å². The highest BCUT2D eigenvalue weighted by molar-refractivity contribution is 6.33. The highest BCUT2D eigenvalue weighted by atomic mass is 35.5. The molecule has 4 nitrogen and oxygen atoms in total. The number of hydrogen-bond donors (Lipinski definition) is 2. The Morgan fingerprint density at radius 1 is 1.33 bits per heavy atom. The first kappa shape index (κ1) is 16.1. The van der Waals surface area contributed by atoms with Crippen molar-refractivity contribution in [1.82, 2.24) is 5.32 Å². The lowest BCUT2D eigenvalue weighted by Crippen LogP contribution is -2.28. The van der Waals surface area contributed by atoms with Crippen LogP contribution in [0.15, 0.2) is 12.1 Å². The van der Waals surface area contributed by atoms with E-state index in [0.29, 0.717) is 5.02 Å². The Morgan fingerprint density at radius 3 is 2.76 bits per heavy atom. The maximum atomic E-state index is 12.1. The standard InChI is InChI=1S/C16H24ClN3O/c1-4-6-8-20(3)14-10-13-11(9-12(14)17)15(16(21)19-13)18-7-5-2/h9-10,15,18H,4-8H2,1-3H3,(H,19,21). The first-order valence-corrected chi connectivity index (χ1v) is 8.05. The van der Waals surface area contributed by atoms with Crippen LogP contribution >= 0.6 is 11.6 Å². The van der Waals surface area contributed by atoms with Gasteiger partial charge in [0.25, 0.3) is 0 Å². The molecule has 21 heavy (non-hydrogen) atoms. The van der Waals surface area contributed by atoms with Crippen molar-refractivity contribution < 1.29 is 4.79 Å². The number of halogens is 1. The van der Waals surface area contributed by atoms with Crippen molar-refractivity contribution in [3.63, 3.8) is 0 Å². The topological polar surface area (TPSA) is 44.4 Å². The van der Waals surface area contributed by atoms with E-state index in [2.05, 4.69) is 29.4 Å². The zero-order valence-corrected chi connectivity index (χ0v) is 13.8. The largest absolute Gasteiger partial charge is 0.373 e. The van der Waals surface area contributed by atoms with Crippen molar-refractivity contribution in [2.75, 3.05) is 30.4 Å². The van der Waals surface area contributed by atoms with Gasteiger partial charge in [-0.3, -0.25) is 4.79 Å². The van der Waals surface area contributed by atoms with Crippen molar-refractivity contribution in [2.24, 2.45) is 0 Å². The van der Waals surface area contributed by atoms with Gasteiger partial charge in [-0.1, -0.05) is 31.9 Å². The van der Waals surface area contributed by atoms with Crippen molar-refractivity contribution in [3.05, 3.63) is 22.7 Å². The number of nitrogens with zero attached hydrogens (tertiary/aromatic N) is 1. The maximum absolute atomic E-state index is 12.1. The van der Waals surface area contributed by atoms with Crippen LogP contribution in [0.2, 0.25) is 5.02 Å². The highest BCUT2D eigenvalue weighted by Crippen LogP contribution is 2.38. The van der Waals surface area contributed by atoms with Gasteiger partial charge in [-0.15, -0.1) is 0 Å². The second kappa shape index (κ2) is 7.14. The van der Waals surface area contributed by atoms with Crippen molar-refractivity contribution in [3.8, 4) is 0 Å². The molecule has 1 unspecified atom stereocenters. The van der Waals surface area contributed by atoms with E-state index in [0.717, 1.165) is 49.3 Å². The van der Waals surface area contributed by atoms with E-state index >= 15 is 0 Å². The van der Waals surface area contributed by atoms with Crippen LogP contribution in [0.5, 0.6) is 0 Å². The molecule has 0 spiro atoms. The molecule has 0 saturated carbocycles. The van der Waals surface area contributed by atoms with Crippen LogP contribution < -0.4 is 15.5 Å². The molecule has 2 N–H and O–H groups in total. The van der Waals surface area contributed by atoms with E-state index in [-0.39, 0.29) is 11.9 Å². The number of carbonyl (C=O) groups excluding carboxylic acids is 1. The molecule has 116 valence electrons. The van der Waals surface area contributed by atoms with Gasteiger partial charge in [0, 0.05) is 24.8 Å². The summed E-state index contributed by atoms with van der Waals surface area (Å²) in [5.74, 6) is 0.00266. The van der Waals surface area contributed by atoms with Gasteiger partial charge in [0.2, 0.25) is 5.91 Å². The second-order valence-electron chi connectivity index (χ2n) is 5.54. The summed E-state index contributed by atoms with van der Waals surface area (Å²) >= 11 is 6.42. The Balaban J connectivity index is 2.24. The third-order valence-corrected chi connectivity index (χ3v) is 4.11. The van der Waals surface area contributed by atoms with E-state index in [1.54, 1.807) is 0 Å². The van der Waals surface area contributed by atoms with Gasteiger partial charge in [-0.05, 0) is 31.5 Å². The fourth-order valence-electron chi connectivity index (χ4n) is 2.57. The Kier molecular flexibility index (Phi) is 5.48. The molecule has 1 aromatic carbocycles. The fraction of sp³-hybridized carbons (Fsp3) is 0.562. The van der Waals surface area contributed by atoms with E-state index in [9.17, 15) is 4.79 Å². The predicted octanol–water partition coefficient (Wildman–Crippen LogP) is 3.57. The minimum absolute atomic E-state index is 0.00266. The molecule has 1 amide bonds. The van der Waals surface area contributed by atoms with Gasteiger partial charge < -0.3 is 15.5 Å². The Morgan fingerprint density at radius 2 is 2.10 bits per heavy atom. The summed E-state index contributed by atoms with van der Waals surface area (Å²) in [5, 5.41) is 6.91. The SMILES string of the molecule is CCCCN(C)c1cc2c(cc1Cl)C(NCCC)C(=O)N2. The summed E-state index contributed by atoms with van der Waals surface area (Å²) < 4.78 is 0. The van der Waals surface area contributed by atoms with Crippen LogP contribution in [-0.4, -0.2) is 26.0 Å². The van der Waals surface area contributed by atoms with Crippen molar-refractivity contribution in [2.45, 2.75) is 39.2 Å². The number of benzene rings is 1. The molecule has 1 aliphatic rings. The molecule has 0 saturated heterocycles. The van der Waals surface area contributed by atoms with Crippen molar-refractivity contribution in [1.29, 1.82) is 0 Å². The van der Waals surface area contributed by atoms with E-state index in [1.165, 1.54) is 0 Å². The summed E-state index contributed by atoms with van der Waals surface area (Å²) in [6, 6.07) is 3.62. The fourth-order valence-corrected chi connectivity index (χ4v) is 2.89. The van der Waals surface area contributed by atoms with Gasteiger partial charge in [-0.25, -0.2) is 0 Å². The lowest BCUT2D eigenvalue weighted by Gasteiger charge is -2.21. The zero-order valence-electron chi connectivity index (χ0n) is 13.0. The van der Waals surface area contributed by atoms with Crippen molar-refractivity contribution >= 4 is 28.9 Å². The molecule has 2 rings (SSSR count). The van der Waals surface area contributed by atoms with Gasteiger partial charge in [-0.2, -0.15) is 0 Å². The number of anilines is 2. The van der Waals surface area contributed by atoms with E-state index in [1.807, 2.05) is 19.2 Å². The van der Waals surface area contributed by atoms with Gasteiger partial charge in [0.15, 0.2) is 0 Å². The Hall–Kier alpha value is -1.26. The van der Waals surface area contributed by atoms with Crippen LogP contribution in [0.3, 0.4) is 0 Å². The van der Waals surface area contributed by atoms with E-state index in [4.69, 9.17) is 11.6 Å². The molecule has 1 atom stereocenters. The predicted molar refractivity (Wildman–Crippen MR) is 89.3 cm³/mol. The summed E-state index contributed by atoms with van der Waals surface area (Å²) in [6.07, 6.45) is 3.26. The normalized spacial score (nSPS) is 16.8. The molecule has 5 heteroatoms. The van der Waals surface area contributed by atoms with Crippen LogP contribution in [0, 0.1) is 0 Å². The quantitative estimate of drug-likeness (QED) is 0.809. The smallest absolute Gasteiger partial charge is 0.246 e. The summed E-state index contributed by atoms with van der Waals surface area (Å²) in [5.41, 5.74) is 2.79. The first-order chi connectivity index (χ1) is 10.1. The van der Waals surface area contributed by atoms with Gasteiger partial charge >= 0.3 is 0 Å². The lowest BCUT2D eigenvalue weighted by molar-refractivity contribution is -0.117. The number of carbonyl (C=O) groups is 1. The number of fused-ring (bicyclic) bond motifs is 1. The highest BCUT2D eigenvalue weighted by Gasteiger charge is 2.31. The minimum Gasteiger partial charge on any atom is -0.373 e. The molecule has 0 fully saturated rings. The van der Waals surface area contributed by atoms with Crippen LogP contribution in [0.1, 0.15) is 44.7 Å². The van der Waals surface area contributed by atoms with Crippen LogP contribution in [0.25, 0.3) is 0 Å². The Labute approximate surface area is 131 Å². The average Bonchev–Trinajstić information content (AvgIpc) is 2.76. The molecule has 1 heterocycles. The molecular formula is C16H24ClN3O. The summed E-state index contributed by atoms with van der Waals surface area (Å²) in [7, 11) is 2.03. The first-order valence-electron chi connectivity index (χ1n) is 7.67. The molecule has 1 aliphatic heterocycles. The maximum Gasteiger partial charge on any atom is 0.246 e. The summed E-state index contributed by atoms with van der Waals surface area (Å²) in [6.45, 7) is 6.02. The van der Waals surface area contributed by atoms with Crippen LogP contribution in [-0.2, 0) is 4.79 Å².